The Labute approximate surface area is 120 Å². The van der Waals surface area contributed by atoms with Crippen molar-refractivity contribution in [3.05, 3.63) is 0 Å². The highest BCUT2D eigenvalue weighted by Gasteiger charge is 2.21. The topological polar surface area (TPSA) is 81.7 Å². The maximum atomic E-state index is 11.7. The summed E-state index contributed by atoms with van der Waals surface area (Å²) < 4.78 is 0. The van der Waals surface area contributed by atoms with Crippen molar-refractivity contribution < 1.29 is 14.7 Å². The normalized spacial score (nSPS) is 18.5. The van der Waals surface area contributed by atoms with Gasteiger partial charge in [0.15, 0.2) is 0 Å². The van der Waals surface area contributed by atoms with Gasteiger partial charge in [-0.3, -0.25) is 4.90 Å². The number of urea groups is 1. The van der Waals surface area contributed by atoms with Gasteiger partial charge in [-0.05, 0) is 39.3 Å². The third-order valence-corrected chi connectivity index (χ3v) is 3.77. The van der Waals surface area contributed by atoms with Crippen LogP contribution in [0.1, 0.15) is 46.0 Å². The molecule has 0 bridgehead atoms. The number of carboxylic acid groups (broad SMARTS) is 1. The molecule has 3 N–H and O–H groups in total. The zero-order valence-corrected chi connectivity index (χ0v) is 12.5. The first-order valence-corrected chi connectivity index (χ1v) is 7.55. The summed E-state index contributed by atoms with van der Waals surface area (Å²) in [6, 6.07) is -0.890. The van der Waals surface area contributed by atoms with Gasteiger partial charge in [0.25, 0.3) is 0 Å². The van der Waals surface area contributed by atoms with Crippen LogP contribution >= 0.6 is 0 Å². The highest BCUT2D eigenvalue weighted by Crippen LogP contribution is 2.10. The van der Waals surface area contributed by atoms with E-state index in [0.717, 1.165) is 25.9 Å². The van der Waals surface area contributed by atoms with E-state index in [1.165, 1.54) is 12.8 Å². The van der Waals surface area contributed by atoms with Crippen LogP contribution < -0.4 is 10.6 Å². The molecule has 116 valence electrons. The molecule has 6 nitrogen and oxygen atoms in total. The Bertz CT molecular complexity index is 317. The van der Waals surface area contributed by atoms with Gasteiger partial charge in [0.2, 0.25) is 0 Å². The summed E-state index contributed by atoms with van der Waals surface area (Å²) >= 11 is 0. The Morgan fingerprint density at radius 1 is 1.30 bits per heavy atom. The number of nitrogens with zero attached hydrogens (tertiary/aromatic N) is 1. The van der Waals surface area contributed by atoms with E-state index >= 15 is 0 Å². The number of hydrogen-bond donors (Lipinski definition) is 3. The van der Waals surface area contributed by atoms with Crippen molar-refractivity contribution in [3.8, 4) is 0 Å². The molecule has 0 aromatic carbocycles. The Morgan fingerprint density at radius 2 is 1.95 bits per heavy atom. The first kappa shape index (κ1) is 16.8. The van der Waals surface area contributed by atoms with Gasteiger partial charge in [-0.25, -0.2) is 9.59 Å². The summed E-state index contributed by atoms with van der Waals surface area (Å²) in [5, 5.41) is 14.3. The molecule has 1 heterocycles. The van der Waals surface area contributed by atoms with Gasteiger partial charge in [0, 0.05) is 12.6 Å². The van der Waals surface area contributed by atoms with Crippen LogP contribution in [-0.4, -0.2) is 53.7 Å². The number of unbranched alkanes of at least 4 members (excludes halogenated alkanes) is 1. The zero-order chi connectivity index (χ0) is 15.0. The smallest absolute Gasteiger partial charge is 0.326 e. The average molecular weight is 285 g/mol. The van der Waals surface area contributed by atoms with Crippen molar-refractivity contribution in [1.29, 1.82) is 0 Å². The summed E-state index contributed by atoms with van der Waals surface area (Å²) in [6.45, 7) is 6.79. The summed E-state index contributed by atoms with van der Waals surface area (Å²) in [4.78, 5) is 25.1. The van der Waals surface area contributed by atoms with Gasteiger partial charge in [-0.15, -0.1) is 0 Å². The zero-order valence-electron chi connectivity index (χ0n) is 12.5. The standard InChI is InChI=1S/C14H27N3O3/c1-3-4-7-12(13(18)19)16-14(20)15-10-11(2)17-8-5-6-9-17/h11-12H,3-10H2,1-2H3,(H,18,19)(H2,15,16,20). The summed E-state index contributed by atoms with van der Waals surface area (Å²) in [6.07, 6.45) is 4.62. The fourth-order valence-corrected chi connectivity index (χ4v) is 2.43. The number of carbonyl (C=O) groups is 2. The molecule has 2 amide bonds. The van der Waals surface area contributed by atoms with Gasteiger partial charge in [0.1, 0.15) is 6.04 Å². The van der Waals surface area contributed by atoms with Gasteiger partial charge in [0.05, 0.1) is 0 Å². The Morgan fingerprint density at radius 3 is 2.50 bits per heavy atom. The lowest BCUT2D eigenvalue weighted by Gasteiger charge is -2.24. The van der Waals surface area contributed by atoms with E-state index in [9.17, 15) is 9.59 Å². The SMILES string of the molecule is CCCCC(NC(=O)NCC(C)N1CCCC1)C(=O)O. The maximum absolute atomic E-state index is 11.7. The molecule has 0 spiro atoms. The second-order valence-electron chi connectivity index (χ2n) is 5.48. The van der Waals surface area contributed by atoms with Crippen molar-refractivity contribution in [2.24, 2.45) is 0 Å². The van der Waals surface area contributed by atoms with Crippen molar-refractivity contribution in [2.45, 2.75) is 58.0 Å². The van der Waals surface area contributed by atoms with Crippen LogP contribution in [0.4, 0.5) is 4.79 Å². The number of nitrogens with one attached hydrogen (secondary N) is 2. The molecule has 1 aliphatic heterocycles. The van der Waals surface area contributed by atoms with E-state index in [1.807, 2.05) is 6.92 Å². The lowest BCUT2D eigenvalue weighted by molar-refractivity contribution is -0.139. The van der Waals surface area contributed by atoms with Gasteiger partial charge in [-0.2, -0.15) is 0 Å². The fourth-order valence-electron chi connectivity index (χ4n) is 2.43. The van der Waals surface area contributed by atoms with Crippen LogP contribution in [-0.2, 0) is 4.79 Å². The largest absolute Gasteiger partial charge is 0.480 e. The molecule has 6 heteroatoms. The van der Waals surface area contributed by atoms with Gasteiger partial charge in [-0.1, -0.05) is 19.8 Å². The lowest BCUT2D eigenvalue weighted by atomic mass is 10.1. The van der Waals surface area contributed by atoms with Crippen LogP contribution in [0.25, 0.3) is 0 Å². The predicted molar refractivity (Wildman–Crippen MR) is 77.8 cm³/mol. The number of hydrogen-bond acceptors (Lipinski definition) is 3. The Kier molecular flexibility index (Phi) is 7.36. The Balaban J connectivity index is 2.28. The van der Waals surface area contributed by atoms with Gasteiger partial charge < -0.3 is 15.7 Å². The van der Waals surface area contributed by atoms with E-state index in [1.54, 1.807) is 0 Å². The third kappa shape index (κ3) is 5.77. The number of amides is 2. The molecule has 1 aliphatic rings. The Hall–Kier alpha value is -1.30. The monoisotopic (exact) mass is 285 g/mol. The second kappa shape index (κ2) is 8.79. The predicted octanol–water partition coefficient (Wildman–Crippen LogP) is 1.41. The molecule has 0 radical (unpaired) electrons. The molecule has 1 saturated heterocycles. The summed E-state index contributed by atoms with van der Waals surface area (Å²) in [5.41, 5.74) is 0. The van der Waals surface area contributed by atoms with Gasteiger partial charge >= 0.3 is 12.0 Å². The third-order valence-electron chi connectivity index (χ3n) is 3.77. The highest BCUT2D eigenvalue weighted by atomic mass is 16.4. The van der Waals surface area contributed by atoms with Crippen molar-refractivity contribution >= 4 is 12.0 Å². The van der Waals surface area contributed by atoms with Crippen LogP contribution in [0, 0.1) is 0 Å². The quantitative estimate of drug-likeness (QED) is 0.630. The molecule has 1 fully saturated rings. The molecule has 2 unspecified atom stereocenters. The summed E-state index contributed by atoms with van der Waals surface area (Å²) in [7, 11) is 0. The van der Waals surface area contributed by atoms with Crippen LogP contribution in [0.5, 0.6) is 0 Å². The minimum Gasteiger partial charge on any atom is -0.480 e. The van der Waals surface area contributed by atoms with E-state index < -0.39 is 12.0 Å². The maximum Gasteiger partial charge on any atom is 0.326 e. The second-order valence-corrected chi connectivity index (χ2v) is 5.48. The number of carboxylic acids is 1. The highest BCUT2D eigenvalue weighted by molar-refractivity contribution is 5.82. The average Bonchev–Trinajstić information content (AvgIpc) is 2.94. The molecule has 20 heavy (non-hydrogen) atoms. The number of likely N-dealkylation sites (tertiary alicyclic amines) is 1. The molecule has 0 aromatic heterocycles. The van der Waals surface area contributed by atoms with Crippen LogP contribution in [0.15, 0.2) is 0 Å². The van der Waals surface area contributed by atoms with E-state index in [-0.39, 0.29) is 6.03 Å². The van der Waals surface area contributed by atoms with E-state index in [2.05, 4.69) is 22.5 Å². The van der Waals surface area contributed by atoms with Crippen molar-refractivity contribution in [1.82, 2.24) is 15.5 Å². The van der Waals surface area contributed by atoms with E-state index in [4.69, 9.17) is 5.11 Å². The summed E-state index contributed by atoms with van der Waals surface area (Å²) in [5.74, 6) is -0.971. The molecule has 0 aromatic rings. The minimum absolute atomic E-state index is 0.294. The molecular weight excluding hydrogens is 258 g/mol. The molecule has 2 atom stereocenters. The number of aliphatic carboxylic acids is 1. The fraction of sp³-hybridized carbons (Fsp3) is 0.857. The molecule has 0 saturated carbocycles. The number of carbonyl (C=O) groups excluding carboxylic acids is 1. The molecule has 0 aliphatic carbocycles. The van der Waals surface area contributed by atoms with Crippen LogP contribution in [0.3, 0.4) is 0 Å². The van der Waals surface area contributed by atoms with Crippen molar-refractivity contribution in [2.75, 3.05) is 19.6 Å². The first-order valence-electron chi connectivity index (χ1n) is 7.55. The van der Waals surface area contributed by atoms with Crippen LogP contribution in [0.2, 0.25) is 0 Å². The molecule has 1 rings (SSSR count). The van der Waals surface area contributed by atoms with E-state index in [0.29, 0.717) is 19.0 Å². The first-order chi connectivity index (χ1) is 9.54. The number of rotatable bonds is 8. The minimum atomic E-state index is -0.971. The molecular formula is C14H27N3O3. The van der Waals surface area contributed by atoms with Crippen molar-refractivity contribution in [3.63, 3.8) is 0 Å². The lowest BCUT2D eigenvalue weighted by Crippen LogP contribution is -2.49.